The molecule has 6 nitrogen and oxygen atoms in total. The minimum atomic E-state index is -4.57. The van der Waals surface area contributed by atoms with Crippen molar-refractivity contribution in [3.63, 3.8) is 0 Å². The van der Waals surface area contributed by atoms with Gasteiger partial charge in [-0.1, -0.05) is 26.2 Å². The molecule has 0 unspecified atom stereocenters. The number of fused-ring (bicyclic) bond motifs is 1. The number of phenols is 1. The molecule has 0 aliphatic rings. The number of benzene rings is 1. The van der Waals surface area contributed by atoms with Gasteiger partial charge in [0.2, 0.25) is 5.82 Å². The molecule has 0 fully saturated rings. The molecular formula is C20H20F3N5OS. The molecule has 4 rings (SSSR count). The maximum atomic E-state index is 13.7. The number of nitrogens with zero attached hydrogens (tertiary/aromatic N) is 4. The van der Waals surface area contributed by atoms with Crippen LogP contribution in [0.25, 0.3) is 32.2 Å². The smallest absolute Gasteiger partial charge is 0.417 e. The Bertz CT molecular complexity index is 1150. The summed E-state index contributed by atoms with van der Waals surface area (Å²) in [4.78, 5) is 0.796. The SMILES string of the molecule is CCCCCCn1c(-c2ccc(O)cc2C(F)(F)F)cc2sc(-c3nn[nH]n3)cc21. The van der Waals surface area contributed by atoms with Crippen molar-refractivity contribution >= 4 is 21.6 Å². The van der Waals surface area contributed by atoms with Gasteiger partial charge in [0.05, 0.1) is 26.4 Å². The molecule has 10 heteroatoms. The van der Waals surface area contributed by atoms with Crippen LogP contribution < -0.4 is 0 Å². The quantitative estimate of drug-likeness (QED) is 0.357. The molecule has 0 saturated heterocycles. The van der Waals surface area contributed by atoms with Gasteiger partial charge in [-0.15, -0.1) is 21.5 Å². The number of rotatable bonds is 7. The van der Waals surface area contributed by atoms with Crippen LogP contribution in [-0.4, -0.2) is 30.3 Å². The van der Waals surface area contributed by atoms with Gasteiger partial charge in [0, 0.05) is 12.1 Å². The lowest BCUT2D eigenvalue weighted by atomic mass is 10.0. The van der Waals surface area contributed by atoms with E-state index in [1.54, 1.807) is 6.07 Å². The first kappa shape index (κ1) is 20.4. The van der Waals surface area contributed by atoms with Crippen LogP contribution in [0.3, 0.4) is 0 Å². The van der Waals surface area contributed by atoms with Crippen molar-refractivity contribution in [1.29, 1.82) is 0 Å². The highest BCUT2D eigenvalue weighted by molar-refractivity contribution is 7.22. The summed E-state index contributed by atoms with van der Waals surface area (Å²) < 4.78 is 43.8. The Morgan fingerprint density at radius 1 is 1.13 bits per heavy atom. The standard InChI is InChI=1S/C20H20F3N5OS/c1-2-3-4-5-8-28-15(13-7-6-12(29)9-14(13)20(21,22)23)10-17-16(28)11-18(30-17)19-24-26-27-25-19/h6-7,9-11,29H,2-5,8H2,1H3,(H,24,25,26,27). The molecule has 4 aromatic rings. The molecule has 0 bridgehead atoms. The average Bonchev–Trinajstić information content (AvgIpc) is 3.41. The number of alkyl halides is 3. The van der Waals surface area contributed by atoms with Crippen molar-refractivity contribution in [3.05, 3.63) is 35.9 Å². The van der Waals surface area contributed by atoms with E-state index in [1.807, 2.05) is 10.6 Å². The summed E-state index contributed by atoms with van der Waals surface area (Å²) in [6.45, 7) is 2.71. The summed E-state index contributed by atoms with van der Waals surface area (Å²) in [6, 6.07) is 7.06. The van der Waals surface area contributed by atoms with E-state index in [2.05, 4.69) is 27.5 Å². The van der Waals surface area contributed by atoms with E-state index in [0.717, 1.165) is 46.8 Å². The van der Waals surface area contributed by atoms with Gasteiger partial charge in [-0.05, 0) is 42.0 Å². The van der Waals surface area contributed by atoms with Crippen LogP contribution in [0.2, 0.25) is 0 Å². The van der Waals surface area contributed by atoms with Crippen LogP contribution in [0.5, 0.6) is 5.75 Å². The summed E-state index contributed by atoms with van der Waals surface area (Å²) >= 11 is 1.41. The predicted molar refractivity (Wildman–Crippen MR) is 109 cm³/mol. The molecule has 30 heavy (non-hydrogen) atoms. The number of phenolic OH excluding ortho intramolecular Hbond substituents is 1. The van der Waals surface area contributed by atoms with E-state index >= 15 is 0 Å². The number of nitrogens with one attached hydrogen (secondary N) is 1. The molecule has 0 atom stereocenters. The number of halogens is 3. The Kier molecular flexibility index (Phi) is 5.50. The molecular weight excluding hydrogens is 415 g/mol. The first-order chi connectivity index (χ1) is 14.4. The van der Waals surface area contributed by atoms with Gasteiger partial charge in [0.25, 0.3) is 0 Å². The third-order valence-electron chi connectivity index (χ3n) is 4.98. The molecule has 0 spiro atoms. The first-order valence-electron chi connectivity index (χ1n) is 9.66. The Labute approximate surface area is 174 Å². The van der Waals surface area contributed by atoms with E-state index in [1.165, 1.54) is 23.5 Å². The van der Waals surface area contributed by atoms with Crippen LogP contribution in [0.15, 0.2) is 30.3 Å². The number of thiophene rings is 1. The number of tetrazole rings is 1. The number of H-pyrrole nitrogens is 1. The van der Waals surface area contributed by atoms with Gasteiger partial charge in [0.1, 0.15) is 5.75 Å². The number of hydrogen-bond donors (Lipinski definition) is 2. The predicted octanol–water partition coefficient (Wildman–Crippen LogP) is 5.85. The fraction of sp³-hybridized carbons (Fsp3) is 0.350. The normalized spacial score (nSPS) is 12.1. The summed E-state index contributed by atoms with van der Waals surface area (Å²) in [7, 11) is 0. The van der Waals surface area contributed by atoms with E-state index in [0.29, 0.717) is 18.1 Å². The molecule has 0 saturated carbocycles. The summed E-state index contributed by atoms with van der Waals surface area (Å²) in [5, 5.41) is 23.6. The fourth-order valence-electron chi connectivity index (χ4n) is 3.57. The lowest BCUT2D eigenvalue weighted by Crippen LogP contribution is -2.09. The number of unbranched alkanes of at least 4 members (excludes halogenated alkanes) is 3. The summed E-state index contributed by atoms with van der Waals surface area (Å²) in [6.07, 6.45) is -0.569. The second kappa shape index (κ2) is 8.10. The molecule has 2 N–H and O–H groups in total. The molecule has 1 aromatic carbocycles. The van der Waals surface area contributed by atoms with Crippen LogP contribution in [-0.2, 0) is 12.7 Å². The highest BCUT2D eigenvalue weighted by Gasteiger charge is 2.35. The highest BCUT2D eigenvalue weighted by Crippen LogP contribution is 2.43. The zero-order valence-corrected chi connectivity index (χ0v) is 17.0. The van der Waals surface area contributed by atoms with Crippen LogP contribution >= 0.6 is 11.3 Å². The van der Waals surface area contributed by atoms with Crippen molar-refractivity contribution in [2.24, 2.45) is 0 Å². The van der Waals surface area contributed by atoms with Crippen LogP contribution in [0.1, 0.15) is 38.2 Å². The maximum absolute atomic E-state index is 13.7. The van der Waals surface area contributed by atoms with Crippen molar-refractivity contribution in [2.45, 2.75) is 45.3 Å². The van der Waals surface area contributed by atoms with Crippen LogP contribution in [0.4, 0.5) is 13.2 Å². The maximum Gasteiger partial charge on any atom is 0.417 e. The molecule has 0 amide bonds. The molecule has 0 radical (unpaired) electrons. The zero-order chi connectivity index (χ0) is 21.3. The number of aromatic nitrogens is 5. The highest BCUT2D eigenvalue weighted by atomic mass is 32.1. The van der Waals surface area contributed by atoms with Gasteiger partial charge in [0.15, 0.2) is 0 Å². The van der Waals surface area contributed by atoms with Crippen molar-refractivity contribution in [2.75, 3.05) is 0 Å². The number of aromatic hydroxyl groups is 1. The Morgan fingerprint density at radius 3 is 2.67 bits per heavy atom. The largest absolute Gasteiger partial charge is 0.508 e. The number of aromatic amines is 1. The zero-order valence-electron chi connectivity index (χ0n) is 16.2. The summed E-state index contributed by atoms with van der Waals surface area (Å²) in [5.41, 5.74) is 0.536. The van der Waals surface area contributed by atoms with Crippen molar-refractivity contribution in [3.8, 4) is 27.7 Å². The van der Waals surface area contributed by atoms with Gasteiger partial charge in [-0.25, -0.2) is 0 Å². The van der Waals surface area contributed by atoms with Gasteiger partial charge in [-0.3, -0.25) is 0 Å². The molecule has 0 aliphatic heterocycles. The Hall–Kier alpha value is -2.88. The fourth-order valence-corrected chi connectivity index (χ4v) is 4.60. The third-order valence-corrected chi connectivity index (χ3v) is 6.04. The van der Waals surface area contributed by atoms with Crippen molar-refractivity contribution in [1.82, 2.24) is 25.2 Å². The van der Waals surface area contributed by atoms with E-state index < -0.39 is 17.5 Å². The summed E-state index contributed by atoms with van der Waals surface area (Å²) in [5.74, 6) is 0.0456. The third kappa shape index (κ3) is 3.91. The molecule has 158 valence electrons. The minimum absolute atomic E-state index is 0.0558. The van der Waals surface area contributed by atoms with Gasteiger partial charge in [-0.2, -0.15) is 18.4 Å². The van der Waals surface area contributed by atoms with Gasteiger partial charge < -0.3 is 9.67 Å². The first-order valence-corrected chi connectivity index (χ1v) is 10.5. The Balaban J connectivity index is 1.84. The number of aryl methyl sites for hydroxylation is 1. The van der Waals surface area contributed by atoms with Gasteiger partial charge >= 0.3 is 6.18 Å². The average molecular weight is 435 g/mol. The molecule has 3 aromatic heterocycles. The van der Waals surface area contributed by atoms with E-state index in [-0.39, 0.29) is 5.56 Å². The second-order valence-electron chi connectivity index (χ2n) is 7.07. The second-order valence-corrected chi connectivity index (χ2v) is 8.15. The monoisotopic (exact) mass is 435 g/mol. The van der Waals surface area contributed by atoms with E-state index in [9.17, 15) is 18.3 Å². The topological polar surface area (TPSA) is 79.6 Å². The molecule has 3 heterocycles. The van der Waals surface area contributed by atoms with Crippen LogP contribution in [0, 0.1) is 0 Å². The number of hydrogen-bond acceptors (Lipinski definition) is 5. The Morgan fingerprint density at radius 2 is 1.97 bits per heavy atom. The minimum Gasteiger partial charge on any atom is -0.508 e. The van der Waals surface area contributed by atoms with E-state index in [4.69, 9.17) is 0 Å². The lowest BCUT2D eigenvalue weighted by Gasteiger charge is -2.16. The molecule has 0 aliphatic carbocycles. The lowest BCUT2D eigenvalue weighted by molar-refractivity contribution is -0.137. The van der Waals surface area contributed by atoms with Crippen molar-refractivity contribution < 1.29 is 18.3 Å².